The summed E-state index contributed by atoms with van der Waals surface area (Å²) in [5.74, 6) is -0.0135. The minimum atomic E-state index is -3.30. The number of carbonyl (C=O) groups excluding carboxylic acids is 1. The lowest BCUT2D eigenvalue weighted by molar-refractivity contribution is -0.120. The molecule has 0 saturated carbocycles. The van der Waals surface area contributed by atoms with Crippen LogP contribution in [0.3, 0.4) is 0 Å². The van der Waals surface area contributed by atoms with Gasteiger partial charge in [-0.3, -0.25) is 4.79 Å². The maximum Gasteiger partial charge on any atom is 0.299 e. The molecule has 0 spiro atoms. The molecule has 0 N–H and O–H groups in total. The van der Waals surface area contributed by atoms with Gasteiger partial charge in [-0.15, -0.1) is 0 Å². The van der Waals surface area contributed by atoms with E-state index in [0.29, 0.717) is 5.69 Å². The fourth-order valence-corrected chi connectivity index (χ4v) is 1.63. The van der Waals surface area contributed by atoms with Crippen molar-refractivity contribution in [2.45, 2.75) is 11.8 Å². The number of nitrogens with zero attached hydrogens (tertiary/aromatic N) is 1. The highest BCUT2D eigenvalue weighted by atomic mass is 32.2. The second-order valence-corrected chi connectivity index (χ2v) is 4.78. The van der Waals surface area contributed by atoms with Gasteiger partial charge in [0.1, 0.15) is 0 Å². The molecule has 0 aliphatic carbocycles. The second-order valence-electron chi connectivity index (χ2n) is 2.77. The largest absolute Gasteiger partial charge is 0.410 e. The van der Waals surface area contributed by atoms with Gasteiger partial charge in [0.15, 0.2) is 9.84 Å². The van der Waals surface area contributed by atoms with Gasteiger partial charge in [-0.05, 0) is 13.0 Å². The molecule has 0 aliphatic heterocycles. The van der Waals surface area contributed by atoms with Gasteiger partial charge in [-0.25, -0.2) is 13.4 Å². The van der Waals surface area contributed by atoms with Crippen molar-refractivity contribution in [2.24, 2.45) is 0 Å². The molecule has 0 aliphatic rings. The summed E-state index contributed by atoms with van der Waals surface area (Å²) in [6.07, 6.45) is 1.08. The van der Waals surface area contributed by atoms with Crippen molar-refractivity contribution in [3.8, 4) is 5.88 Å². The van der Waals surface area contributed by atoms with Crippen molar-refractivity contribution in [2.75, 3.05) is 6.26 Å². The van der Waals surface area contributed by atoms with E-state index in [9.17, 15) is 13.2 Å². The molecule has 0 saturated heterocycles. The van der Waals surface area contributed by atoms with Gasteiger partial charge in [0.05, 0.1) is 4.90 Å². The monoisotopic (exact) mass is 215 g/mol. The summed E-state index contributed by atoms with van der Waals surface area (Å²) in [4.78, 5) is 13.9. The Hall–Kier alpha value is -1.43. The molecule has 6 heteroatoms. The molecule has 0 bridgehead atoms. The molecule has 0 fully saturated rings. The van der Waals surface area contributed by atoms with Crippen LogP contribution in [0.4, 0.5) is 0 Å². The molecule has 0 unspecified atom stereocenters. The zero-order chi connectivity index (χ0) is 10.8. The third-order valence-electron chi connectivity index (χ3n) is 1.50. The van der Waals surface area contributed by atoms with Gasteiger partial charge in [0.2, 0.25) is 5.88 Å². The number of aryl methyl sites for hydroxylation is 1. The van der Waals surface area contributed by atoms with E-state index in [4.69, 9.17) is 0 Å². The Labute approximate surface area is 81.6 Å². The van der Waals surface area contributed by atoms with Crippen LogP contribution in [-0.4, -0.2) is 26.1 Å². The zero-order valence-electron chi connectivity index (χ0n) is 7.72. The normalized spacial score (nSPS) is 11.0. The molecular formula is C8H9NO4S. The first-order valence-corrected chi connectivity index (χ1v) is 5.61. The summed E-state index contributed by atoms with van der Waals surface area (Å²) < 4.78 is 26.8. The highest BCUT2D eigenvalue weighted by molar-refractivity contribution is 7.90. The SMILES string of the molecule is Cc1cc(S(C)(=O)=O)cc(OC=O)n1. The van der Waals surface area contributed by atoms with Gasteiger partial charge >= 0.3 is 0 Å². The van der Waals surface area contributed by atoms with Crippen molar-refractivity contribution in [3.63, 3.8) is 0 Å². The Bertz CT molecular complexity index is 452. The lowest BCUT2D eigenvalue weighted by atomic mass is 10.4. The molecule has 1 heterocycles. The topological polar surface area (TPSA) is 73.3 Å². The first-order chi connectivity index (χ1) is 6.43. The Kier molecular flexibility index (Phi) is 2.85. The van der Waals surface area contributed by atoms with E-state index in [0.717, 1.165) is 6.26 Å². The maximum absolute atomic E-state index is 11.2. The third kappa shape index (κ3) is 2.53. The number of rotatable bonds is 3. The Morgan fingerprint density at radius 2 is 2.07 bits per heavy atom. The summed E-state index contributed by atoms with van der Waals surface area (Å²) in [6.45, 7) is 1.82. The van der Waals surface area contributed by atoms with Gasteiger partial charge in [-0.1, -0.05) is 0 Å². The number of ether oxygens (including phenoxy) is 1. The first kappa shape index (κ1) is 10.6. The van der Waals surface area contributed by atoms with E-state index in [1.807, 2.05) is 0 Å². The quantitative estimate of drug-likeness (QED) is 0.679. The number of hydrogen-bond acceptors (Lipinski definition) is 5. The molecule has 1 aromatic heterocycles. The molecule has 5 nitrogen and oxygen atoms in total. The lowest BCUT2D eigenvalue weighted by Crippen LogP contribution is -2.01. The standard InChI is InChI=1S/C8H9NO4S/c1-6-3-7(14(2,11)12)4-8(9-6)13-5-10/h3-5H,1-2H3. The third-order valence-corrected chi connectivity index (χ3v) is 2.59. The van der Waals surface area contributed by atoms with E-state index < -0.39 is 9.84 Å². The fourth-order valence-electron chi connectivity index (χ4n) is 0.931. The highest BCUT2D eigenvalue weighted by Gasteiger charge is 2.10. The van der Waals surface area contributed by atoms with Crippen molar-refractivity contribution in [3.05, 3.63) is 17.8 Å². The van der Waals surface area contributed by atoms with Crippen LogP contribution in [0.25, 0.3) is 0 Å². The van der Waals surface area contributed by atoms with Crippen molar-refractivity contribution < 1.29 is 17.9 Å². The van der Waals surface area contributed by atoms with E-state index in [-0.39, 0.29) is 17.2 Å². The van der Waals surface area contributed by atoms with Crippen LogP contribution < -0.4 is 4.74 Å². The molecular weight excluding hydrogens is 206 g/mol. The van der Waals surface area contributed by atoms with Crippen molar-refractivity contribution >= 4 is 16.3 Å². The molecule has 0 amide bonds. The minimum Gasteiger partial charge on any atom is -0.410 e. The fraction of sp³-hybridized carbons (Fsp3) is 0.250. The van der Waals surface area contributed by atoms with Crippen LogP contribution in [-0.2, 0) is 14.6 Å². The Morgan fingerprint density at radius 1 is 1.43 bits per heavy atom. The van der Waals surface area contributed by atoms with Gasteiger partial charge in [-0.2, -0.15) is 0 Å². The van der Waals surface area contributed by atoms with Gasteiger partial charge < -0.3 is 4.74 Å². The molecule has 0 radical (unpaired) electrons. The van der Waals surface area contributed by atoms with E-state index in [2.05, 4.69) is 9.72 Å². The average Bonchev–Trinajstić information content (AvgIpc) is 2.02. The zero-order valence-corrected chi connectivity index (χ0v) is 8.54. The summed E-state index contributed by atoms with van der Waals surface area (Å²) in [5.41, 5.74) is 0.477. The summed E-state index contributed by atoms with van der Waals surface area (Å²) in [7, 11) is -3.30. The van der Waals surface area contributed by atoms with E-state index in [1.54, 1.807) is 6.92 Å². The van der Waals surface area contributed by atoms with Crippen LogP contribution in [0.2, 0.25) is 0 Å². The van der Waals surface area contributed by atoms with Crippen LogP contribution in [0, 0.1) is 6.92 Å². The molecule has 0 aromatic carbocycles. The maximum atomic E-state index is 11.2. The predicted molar refractivity (Wildman–Crippen MR) is 48.8 cm³/mol. The average molecular weight is 215 g/mol. The molecule has 14 heavy (non-hydrogen) atoms. The number of carbonyl (C=O) groups is 1. The molecule has 1 aromatic rings. The van der Waals surface area contributed by atoms with Crippen LogP contribution in [0.1, 0.15) is 5.69 Å². The van der Waals surface area contributed by atoms with Crippen LogP contribution >= 0.6 is 0 Å². The Morgan fingerprint density at radius 3 is 2.57 bits per heavy atom. The lowest BCUT2D eigenvalue weighted by Gasteiger charge is -2.02. The number of aromatic nitrogens is 1. The smallest absolute Gasteiger partial charge is 0.299 e. The van der Waals surface area contributed by atoms with Gasteiger partial charge in [0, 0.05) is 18.0 Å². The number of hydrogen-bond donors (Lipinski definition) is 0. The summed E-state index contributed by atoms with van der Waals surface area (Å²) in [6, 6.07) is 2.61. The van der Waals surface area contributed by atoms with Crippen LogP contribution in [0.15, 0.2) is 17.0 Å². The highest BCUT2D eigenvalue weighted by Crippen LogP contribution is 2.16. The predicted octanol–water partition coefficient (Wildman–Crippen LogP) is 0.329. The first-order valence-electron chi connectivity index (χ1n) is 3.72. The molecule has 0 atom stereocenters. The minimum absolute atomic E-state index is 0.0135. The van der Waals surface area contributed by atoms with E-state index >= 15 is 0 Å². The molecule has 76 valence electrons. The number of pyridine rings is 1. The Balaban J connectivity index is 3.27. The van der Waals surface area contributed by atoms with Crippen LogP contribution in [0.5, 0.6) is 5.88 Å². The van der Waals surface area contributed by atoms with Gasteiger partial charge in [0.25, 0.3) is 6.47 Å². The number of sulfone groups is 1. The second kappa shape index (κ2) is 3.75. The molecule has 1 rings (SSSR count). The van der Waals surface area contributed by atoms with Crippen molar-refractivity contribution in [1.29, 1.82) is 0 Å². The summed E-state index contributed by atoms with van der Waals surface area (Å²) >= 11 is 0. The van der Waals surface area contributed by atoms with Crippen molar-refractivity contribution in [1.82, 2.24) is 4.98 Å². The van der Waals surface area contributed by atoms with E-state index in [1.165, 1.54) is 12.1 Å². The summed E-state index contributed by atoms with van der Waals surface area (Å²) in [5, 5.41) is 0.